The van der Waals surface area contributed by atoms with Crippen molar-refractivity contribution in [3.8, 4) is 0 Å². The summed E-state index contributed by atoms with van der Waals surface area (Å²) in [5.41, 5.74) is 3.83. The van der Waals surface area contributed by atoms with E-state index in [4.69, 9.17) is 0 Å². The molecule has 0 fully saturated rings. The van der Waals surface area contributed by atoms with Crippen molar-refractivity contribution in [2.75, 3.05) is 0 Å². The van der Waals surface area contributed by atoms with Gasteiger partial charge in [0.25, 0.3) is 0 Å². The van der Waals surface area contributed by atoms with Crippen LogP contribution in [-0.4, -0.2) is 4.57 Å². The fourth-order valence-electron chi connectivity index (χ4n) is 2.88. The van der Waals surface area contributed by atoms with Crippen LogP contribution in [0, 0.1) is 5.92 Å². The molecule has 0 aromatic carbocycles. The van der Waals surface area contributed by atoms with Gasteiger partial charge in [-0.15, -0.1) is 0 Å². The summed E-state index contributed by atoms with van der Waals surface area (Å²) in [4.78, 5) is 0. The maximum atomic E-state index is 4.04. The SMILES string of the molecule is C=C/C(=C\C(=C/C)C(C)C)c1cn(CCC)c(=C/C)/c1=C\C.CC.CC. The molecule has 26 heavy (non-hydrogen) atoms. The fourth-order valence-corrected chi connectivity index (χ4v) is 2.88. The molecule has 0 radical (unpaired) electrons. The highest BCUT2D eigenvalue weighted by Crippen LogP contribution is 2.19. The first kappa shape index (κ1) is 26.5. The topological polar surface area (TPSA) is 4.93 Å². The summed E-state index contributed by atoms with van der Waals surface area (Å²) in [5.74, 6) is 0.518. The van der Waals surface area contributed by atoms with E-state index in [1.54, 1.807) is 0 Å². The van der Waals surface area contributed by atoms with Crippen LogP contribution in [0.2, 0.25) is 0 Å². The predicted molar refractivity (Wildman–Crippen MR) is 124 cm³/mol. The average Bonchev–Trinajstić information content (AvgIpc) is 3.03. The van der Waals surface area contributed by atoms with Crippen LogP contribution in [0.5, 0.6) is 0 Å². The minimum absolute atomic E-state index is 0.518. The first-order valence-corrected chi connectivity index (χ1v) is 10.4. The molecular weight excluding hydrogens is 314 g/mol. The molecule has 0 amide bonds. The van der Waals surface area contributed by atoms with E-state index in [1.807, 2.05) is 33.8 Å². The van der Waals surface area contributed by atoms with E-state index < -0.39 is 0 Å². The first-order valence-electron chi connectivity index (χ1n) is 10.4. The Kier molecular flexibility index (Phi) is 15.8. The lowest BCUT2D eigenvalue weighted by Crippen LogP contribution is -2.29. The van der Waals surface area contributed by atoms with Gasteiger partial charge in [-0.05, 0) is 44.3 Å². The molecule has 0 unspecified atom stereocenters. The summed E-state index contributed by atoms with van der Waals surface area (Å²) in [6, 6.07) is 0. The fraction of sp³-hybridized carbons (Fsp3) is 0.520. The number of aromatic nitrogens is 1. The Morgan fingerprint density at radius 3 is 2.00 bits per heavy atom. The molecule has 0 aliphatic rings. The summed E-state index contributed by atoms with van der Waals surface area (Å²) in [5, 5.41) is 2.61. The summed E-state index contributed by atoms with van der Waals surface area (Å²) in [6.07, 6.45) is 14.3. The third kappa shape index (κ3) is 7.23. The number of allylic oxidation sites excluding steroid dienone is 5. The van der Waals surface area contributed by atoms with Gasteiger partial charge in [0.1, 0.15) is 0 Å². The lowest BCUT2D eigenvalue weighted by atomic mass is 9.97. The zero-order valence-electron chi connectivity index (χ0n) is 19.1. The van der Waals surface area contributed by atoms with Gasteiger partial charge >= 0.3 is 0 Å². The van der Waals surface area contributed by atoms with E-state index in [2.05, 4.69) is 83.2 Å². The Labute approximate surface area is 163 Å². The third-order valence-electron chi connectivity index (χ3n) is 4.04. The van der Waals surface area contributed by atoms with E-state index >= 15 is 0 Å². The minimum Gasteiger partial charge on any atom is -0.347 e. The Bertz CT molecular complexity index is 678. The van der Waals surface area contributed by atoms with Crippen molar-refractivity contribution in [1.82, 2.24) is 4.57 Å². The monoisotopic (exact) mass is 357 g/mol. The maximum Gasteiger partial charge on any atom is 0.0440 e. The van der Waals surface area contributed by atoms with Crippen molar-refractivity contribution in [3.05, 3.63) is 52.7 Å². The van der Waals surface area contributed by atoms with E-state index in [9.17, 15) is 0 Å². The summed E-state index contributed by atoms with van der Waals surface area (Å²) in [6.45, 7) is 26.1. The summed E-state index contributed by atoms with van der Waals surface area (Å²) >= 11 is 0. The molecule has 1 aromatic heterocycles. The molecule has 0 bridgehead atoms. The van der Waals surface area contributed by atoms with E-state index in [0.29, 0.717) is 5.92 Å². The van der Waals surface area contributed by atoms with Crippen molar-refractivity contribution >= 4 is 17.7 Å². The number of rotatable bonds is 6. The van der Waals surface area contributed by atoms with Crippen LogP contribution in [-0.2, 0) is 6.54 Å². The van der Waals surface area contributed by atoms with Crippen molar-refractivity contribution in [1.29, 1.82) is 0 Å². The Morgan fingerprint density at radius 2 is 1.65 bits per heavy atom. The maximum absolute atomic E-state index is 4.04. The number of hydrogen-bond acceptors (Lipinski definition) is 0. The van der Waals surface area contributed by atoms with Crippen LogP contribution >= 0.6 is 0 Å². The van der Waals surface area contributed by atoms with Crippen molar-refractivity contribution in [2.45, 2.75) is 82.2 Å². The molecule has 1 rings (SSSR count). The molecule has 0 saturated carbocycles. The van der Waals surface area contributed by atoms with Gasteiger partial charge in [-0.2, -0.15) is 0 Å². The summed E-state index contributed by atoms with van der Waals surface area (Å²) < 4.78 is 2.35. The van der Waals surface area contributed by atoms with E-state index in [-0.39, 0.29) is 0 Å². The molecule has 1 heterocycles. The number of nitrogens with zero attached hydrogens (tertiary/aromatic N) is 1. The van der Waals surface area contributed by atoms with E-state index in [0.717, 1.165) is 13.0 Å². The molecule has 0 aliphatic carbocycles. The number of aryl methyl sites for hydroxylation is 1. The second-order valence-electron chi connectivity index (χ2n) is 5.86. The van der Waals surface area contributed by atoms with Crippen LogP contribution in [0.4, 0.5) is 0 Å². The lowest BCUT2D eigenvalue weighted by molar-refractivity contribution is 0.665. The molecule has 0 N–H and O–H groups in total. The minimum atomic E-state index is 0.518. The van der Waals surface area contributed by atoms with Crippen LogP contribution in [0.15, 0.2) is 36.6 Å². The van der Waals surface area contributed by atoms with Crippen LogP contribution in [0.3, 0.4) is 0 Å². The lowest BCUT2D eigenvalue weighted by Gasteiger charge is -2.08. The molecule has 0 atom stereocenters. The van der Waals surface area contributed by atoms with Gasteiger partial charge in [0.15, 0.2) is 0 Å². The van der Waals surface area contributed by atoms with Gasteiger partial charge in [0.05, 0.1) is 0 Å². The summed E-state index contributed by atoms with van der Waals surface area (Å²) in [7, 11) is 0. The molecule has 1 heteroatoms. The van der Waals surface area contributed by atoms with E-state index in [1.165, 1.54) is 27.3 Å². The van der Waals surface area contributed by atoms with Crippen LogP contribution in [0.25, 0.3) is 17.7 Å². The Hall–Kier alpha value is -1.76. The number of hydrogen-bond donors (Lipinski definition) is 0. The largest absolute Gasteiger partial charge is 0.347 e. The highest BCUT2D eigenvalue weighted by molar-refractivity contribution is 5.76. The van der Waals surface area contributed by atoms with Crippen LogP contribution in [0.1, 0.15) is 81.2 Å². The van der Waals surface area contributed by atoms with Gasteiger partial charge < -0.3 is 4.57 Å². The smallest absolute Gasteiger partial charge is 0.0440 e. The molecule has 0 spiro atoms. The van der Waals surface area contributed by atoms with Crippen molar-refractivity contribution < 1.29 is 0 Å². The quantitative estimate of drug-likeness (QED) is 0.498. The first-order chi connectivity index (χ1) is 12.5. The third-order valence-corrected chi connectivity index (χ3v) is 4.04. The zero-order chi connectivity index (χ0) is 20.7. The highest BCUT2D eigenvalue weighted by Gasteiger charge is 2.08. The zero-order valence-corrected chi connectivity index (χ0v) is 19.1. The van der Waals surface area contributed by atoms with Gasteiger partial charge in [0, 0.05) is 28.9 Å². The van der Waals surface area contributed by atoms with Gasteiger partial charge in [-0.1, -0.05) is 85.4 Å². The van der Waals surface area contributed by atoms with Crippen LogP contribution < -0.4 is 10.6 Å². The molecule has 0 aliphatic heterocycles. The molecule has 0 saturated heterocycles. The molecule has 148 valence electrons. The molecular formula is C25H43N. The van der Waals surface area contributed by atoms with Gasteiger partial charge in [-0.25, -0.2) is 0 Å². The Balaban J connectivity index is 0. The standard InChI is InChI=1S/C21H31N.2C2H6/c1-8-13-22-15-20(19(11-4)21(22)12-5)18(10-3)14-17(9-2)16(6)7;2*1-2/h9-12,14-16H,3,8,13H2,1-2,4-7H3;2*1-2H3/b17-9+,18-14+,19-11-,21-12+;;. The van der Waals surface area contributed by atoms with Gasteiger partial charge in [0.2, 0.25) is 0 Å². The Morgan fingerprint density at radius 1 is 1.08 bits per heavy atom. The molecule has 1 nitrogen and oxygen atoms in total. The predicted octanol–water partition coefficient (Wildman–Crippen LogP) is 6.72. The normalized spacial score (nSPS) is 13.2. The van der Waals surface area contributed by atoms with Crippen molar-refractivity contribution in [2.24, 2.45) is 5.92 Å². The highest BCUT2D eigenvalue weighted by atomic mass is 14.9. The van der Waals surface area contributed by atoms with Crippen molar-refractivity contribution in [3.63, 3.8) is 0 Å². The molecule has 1 aromatic rings. The second kappa shape index (κ2) is 15.5. The average molecular weight is 358 g/mol. The second-order valence-corrected chi connectivity index (χ2v) is 5.86. The van der Waals surface area contributed by atoms with Gasteiger partial charge in [-0.3, -0.25) is 0 Å².